The standard InChI is InChI=1S/C10H20N2O2/c1-2-5-10(14)12(8-9-13)7-4-3-6-11/h2,5,13H,3-4,6-9,11H2,1H3/b5-2+. The molecule has 0 heterocycles. The molecule has 82 valence electrons. The summed E-state index contributed by atoms with van der Waals surface area (Å²) >= 11 is 0. The van der Waals surface area contributed by atoms with Crippen molar-refractivity contribution in [2.75, 3.05) is 26.2 Å². The van der Waals surface area contributed by atoms with Crippen molar-refractivity contribution in [3.05, 3.63) is 12.2 Å². The molecule has 0 atom stereocenters. The van der Waals surface area contributed by atoms with Crippen LogP contribution in [-0.2, 0) is 4.79 Å². The Kier molecular flexibility index (Phi) is 8.17. The maximum Gasteiger partial charge on any atom is 0.246 e. The largest absolute Gasteiger partial charge is 0.395 e. The van der Waals surface area contributed by atoms with Crippen LogP contribution < -0.4 is 5.73 Å². The van der Waals surface area contributed by atoms with Gasteiger partial charge in [0.25, 0.3) is 0 Å². The fourth-order valence-corrected chi connectivity index (χ4v) is 1.15. The van der Waals surface area contributed by atoms with Crippen LogP contribution in [0.25, 0.3) is 0 Å². The summed E-state index contributed by atoms with van der Waals surface area (Å²) in [4.78, 5) is 13.1. The van der Waals surface area contributed by atoms with Gasteiger partial charge in [0.05, 0.1) is 6.61 Å². The van der Waals surface area contributed by atoms with Crippen LogP contribution in [0.1, 0.15) is 19.8 Å². The number of carbonyl (C=O) groups excluding carboxylic acids is 1. The first-order valence-corrected chi connectivity index (χ1v) is 4.98. The van der Waals surface area contributed by atoms with E-state index in [0.29, 0.717) is 19.6 Å². The van der Waals surface area contributed by atoms with Crippen LogP contribution in [0.15, 0.2) is 12.2 Å². The van der Waals surface area contributed by atoms with Gasteiger partial charge in [-0.05, 0) is 32.4 Å². The zero-order valence-corrected chi connectivity index (χ0v) is 8.78. The van der Waals surface area contributed by atoms with E-state index in [-0.39, 0.29) is 12.5 Å². The number of allylic oxidation sites excluding steroid dienone is 1. The fraction of sp³-hybridized carbons (Fsp3) is 0.700. The van der Waals surface area contributed by atoms with Crippen LogP contribution >= 0.6 is 0 Å². The van der Waals surface area contributed by atoms with E-state index in [4.69, 9.17) is 10.8 Å². The molecular formula is C10H20N2O2. The number of unbranched alkanes of at least 4 members (excludes halogenated alkanes) is 1. The number of hydrogen-bond acceptors (Lipinski definition) is 3. The first kappa shape index (κ1) is 13.1. The Morgan fingerprint density at radius 3 is 2.64 bits per heavy atom. The molecule has 0 bridgehead atoms. The summed E-state index contributed by atoms with van der Waals surface area (Å²) in [6.07, 6.45) is 5.01. The molecule has 0 aliphatic carbocycles. The predicted molar refractivity (Wildman–Crippen MR) is 56.8 cm³/mol. The van der Waals surface area contributed by atoms with Crippen molar-refractivity contribution in [2.24, 2.45) is 5.73 Å². The number of amides is 1. The topological polar surface area (TPSA) is 66.6 Å². The van der Waals surface area contributed by atoms with Crippen molar-refractivity contribution >= 4 is 5.91 Å². The SMILES string of the molecule is C/C=C/C(=O)N(CCO)CCCCN. The Hall–Kier alpha value is -0.870. The lowest BCUT2D eigenvalue weighted by molar-refractivity contribution is -0.126. The van der Waals surface area contributed by atoms with E-state index in [1.165, 1.54) is 6.08 Å². The van der Waals surface area contributed by atoms with E-state index in [9.17, 15) is 4.79 Å². The molecule has 4 heteroatoms. The Morgan fingerprint density at radius 1 is 1.43 bits per heavy atom. The van der Waals surface area contributed by atoms with Gasteiger partial charge in [0.2, 0.25) is 5.91 Å². The number of nitrogens with zero attached hydrogens (tertiary/aromatic N) is 1. The molecule has 0 spiro atoms. The molecule has 0 aromatic rings. The lowest BCUT2D eigenvalue weighted by atomic mass is 10.3. The van der Waals surface area contributed by atoms with Crippen molar-refractivity contribution in [3.8, 4) is 0 Å². The molecule has 0 radical (unpaired) electrons. The summed E-state index contributed by atoms with van der Waals surface area (Å²) in [6, 6.07) is 0. The molecule has 0 aromatic heterocycles. The highest BCUT2D eigenvalue weighted by Gasteiger charge is 2.08. The minimum Gasteiger partial charge on any atom is -0.395 e. The monoisotopic (exact) mass is 200 g/mol. The lowest BCUT2D eigenvalue weighted by Gasteiger charge is -2.19. The molecule has 0 aliphatic heterocycles. The van der Waals surface area contributed by atoms with Gasteiger partial charge in [0, 0.05) is 13.1 Å². The number of rotatable bonds is 7. The fourth-order valence-electron chi connectivity index (χ4n) is 1.15. The van der Waals surface area contributed by atoms with Gasteiger partial charge in [-0.1, -0.05) is 6.08 Å². The second-order valence-electron chi connectivity index (χ2n) is 3.04. The molecule has 0 rings (SSSR count). The smallest absolute Gasteiger partial charge is 0.246 e. The average Bonchev–Trinajstić information content (AvgIpc) is 2.17. The molecule has 3 N–H and O–H groups in total. The molecule has 1 amide bonds. The molecule has 4 nitrogen and oxygen atoms in total. The highest BCUT2D eigenvalue weighted by Crippen LogP contribution is 1.96. The summed E-state index contributed by atoms with van der Waals surface area (Å²) in [5.41, 5.74) is 5.36. The minimum atomic E-state index is -0.0430. The molecule has 0 unspecified atom stereocenters. The summed E-state index contributed by atoms with van der Waals surface area (Å²) in [5.74, 6) is -0.0430. The van der Waals surface area contributed by atoms with Crippen LogP contribution in [-0.4, -0.2) is 42.2 Å². The zero-order valence-electron chi connectivity index (χ0n) is 8.78. The maximum atomic E-state index is 11.4. The minimum absolute atomic E-state index is 0.00587. The number of hydrogen-bond donors (Lipinski definition) is 2. The molecule has 0 saturated heterocycles. The molecule has 14 heavy (non-hydrogen) atoms. The van der Waals surface area contributed by atoms with Gasteiger partial charge in [-0.2, -0.15) is 0 Å². The highest BCUT2D eigenvalue weighted by molar-refractivity contribution is 5.87. The third kappa shape index (κ3) is 5.72. The van der Waals surface area contributed by atoms with Gasteiger partial charge < -0.3 is 15.7 Å². The first-order valence-electron chi connectivity index (χ1n) is 4.98. The molecular weight excluding hydrogens is 180 g/mol. The van der Waals surface area contributed by atoms with Gasteiger partial charge >= 0.3 is 0 Å². The summed E-state index contributed by atoms with van der Waals surface area (Å²) in [6.45, 7) is 3.51. The van der Waals surface area contributed by atoms with E-state index >= 15 is 0 Å². The van der Waals surface area contributed by atoms with Crippen molar-refractivity contribution < 1.29 is 9.90 Å². The van der Waals surface area contributed by atoms with Crippen LogP contribution in [0.2, 0.25) is 0 Å². The van der Waals surface area contributed by atoms with Gasteiger partial charge in [0.1, 0.15) is 0 Å². The van der Waals surface area contributed by atoms with Crippen molar-refractivity contribution in [1.82, 2.24) is 4.90 Å². The maximum absolute atomic E-state index is 11.4. The summed E-state index contributed by atoms with van der Waals surface area (Å²) < 4.78 is 0. The molecule has 0 aliphatic rings. The Balaban J connectivity index is 3.93. The van der Waals surface area contributed by atoms with Crippen LogP contribution in [0.3, 0.4) is 0 Å². The van der Waals surface area contributed by atoms with Crippen molar-refractivity contribution in [2.45, 2.75) is 19.8 Å². The molecule has 0 saturated carbocycles. The predicted octanol–water partition coefficient (Wildman–Crippen LogP) is 0.122. The van der Waals surface area contributed by atoms with E-state index in [0.717, 1.165) is 12.8 Å². The summed E-state index contributed by atoms with van der Waals surface area (Å²) in [7, 11) is 0. The van der Waals surface area contributed by atoms with Crippen LogP contribution in [0, 0.1) is 0 Å². The van der Waals surface area contributed by atoms with E-state index in [1.54, 1.807) is 17.9 Å². The normalized spacial score (nSPS) is 10.8. The molecule has 0 aromatic carbocycles. The molecule has 0 fully saturated rings. The van der Waals surface area contributed by atoms with Gasteiger partial charge in [-0.15, -0.1) is 0 Å². The van der Waals surface area contributed by atoms with Gasteiger partial charge in [0.15, 0.2) is 0 Å². The van der Waals surface area contributed by atoms with E-state index in [2.05, 4.69) is 0 Å². The second kappa shape index (κ2) is 8.72. The number of carbonyl (C=O) groups is 1. The average molecular weight is 200 g/mol. The third-order valence-electron chi connectivity index (χ3n) is 1.87. The zero-order chi connectivity index (χ0) is 10.8. The second-order valence-corrected chi connectivity index (χ2v) is 3.04. The van der Waals surface area contributed by atoms with Gasteiger partial charge in [-0.25, -0.2) is 0 Å². The lowest BCUT2D eigenvalue weighted by Crippen LogP contribution is -2.33. The Morgan fingerprint density at radius 2 is 2.14 bits per heavy atom. The van der Waals surface area contributed by atoms with E-state index in [1.807, 2.05) is 0 Å². The Bertz CT molecular complexity index is 181. The Labute approximate surface area is 85.4 Å². The van der Waals surface area contributed by atoms with Gasteiger partial charge in [-0.3, -0.25) is 4.79 Å². The third-order valence-corrected chi connectivity index (χ3v) is 1.87. The first-order chi connectivity index (χ1) is 6.76. The van der Waals surface area contributed by atoms with E-state index < -0.39 is 0 Å². The van der Waals surface area contributed by atoms with Crippen molar-refractivity contribution in [1.29, 1.82) is 0 Å². The summed E-state index contributed by atoms with van der Waals surface area (Å²) in [5, 5.41) is 8.77. The van der Waals surface area contributed by atoms with Crippen LogP contribution in [0.5, 0.6) is 0 Å². The number of aliphatic hydroxyl groups excluding tert-OH is 1. The quantitative estimate of drug-likeness (QED) is 0.453. The highest BCUT2D eigenvalue weighted by atomic mass is 16.3. The van der Waals surface area contributed by atoms with Crippen LogP contribution in [0.4, 0.5) is 0 Å². The number of nitrogens with two attached hydrogens (primary N) is 1. The van der Waals surface area contributed by atoms with Crippen molar-refractivity contribution in [3.63, 3.8) is 0 Å². The number of aliphatic hydroxyl groups is 1.